The van der Waals surface area contributed by atoms with Gasteiger partial charge in [0.15, 0.2) is 0 Å². The standard InChI is InChI=1S/C23H32F2N4O5/c1-15-12-18(5-6-19(15)20(32)26-13-17(31)14-30)33-11-3-4-16-7-9-29(10-8-16)22-27-21(34-28-22)23(2,24)25/h5-6,12,16-17,30-31H,3-4,7-11,13-14H2,1-2H3,(H,26,32)/t17-/m0/s1. The second kappa shape index (κ2) is 11.6. The molecule has 2 heterocycles. The zero-order chi connectivity index (χ0) is 24.7. The van der Waals surface area contributed by atoms with E-state index in [1.807, 2.05) is 11.8 Å². The highest BCUT2D eigenvalue weighted by Gasteiger charge is 2.33. The molecular formula is C23H32F2N4O5. The number of benzene rings is 1. The SMILES string of the molecule is Cc1cc(OCCCC2CCN(c3noc(C(C)(F)F)n3)CC2)ccc1C(=O)NC[C@H](O)CO. The van der Waals surface area contributed by atoms with E-state index in [0.29, 0.717) is 36.9 Å². The Morgan fingerprint density at radius 3 is 2.74 bits per heavy atom. The summed E-state index contributed by atoms with van der Waals surface area (Å²) in [7, 11) is 0. The lowest BCUT2D eigenvalue weighted by molar-refractivity contribution is -0.0158. The van der Waals surface area contributed by atoms with E-state index >= 15 is 0 Å². The summed E-state index contributed by atoms with van der Waals surface area (Å²) < 4.78 is 37.1. The Bertz CT molecular complexity index is 942. The zero-order valence-corrected chi connectivity index (χ0v) is 19.5. The van der Waals surface area contributed by atoms with Crippen molar-refractivity contribution in [3.8, 4) is 5.75 Å². The van der Waals surface area contributed by atoms with Crippen molar-refractivity contribution in [3.05, 3.63) is 35.2 Å². The molecule has 2 aromatic rings. The summed E-state index contributed by atoms with van der Waals surface area (Å²) >= 11 is 0. The summed E-state index contributed by atoms with van der Waals surface area (Å²) in [5, 5.41) is 24.4. The first-order valence-corrected chi connectivity index (χ1v) is 11.4. The first kappa shape index (κ1) is 25.8. The average molecular weight is 483 g/mol. The number of hydrogen-bond donors (Lipinski definition) is 3. The number of piperidine rings is 1. The highest BCUT2D eigenvalue weighted by Crippen LogP contribution is 2.29. The number of amides is 1. The number of rotatable bonds is 11. The van der Waals surface area contributed by atoms with E-state index in [4.69, 9.17) is 9.84 Å². The molecule has 1 saturated heterocycles. The second-order valence-corrected chi connectivity index (χ2v) is 8.73. The minimum Gasteiger partial charge on any atom is -0.494 e. The molecule has 1 aromatic carbocycles. The lowest BCUT2D eigenvalue weighted by Crippen LogP contribution is -2.34. The third-order valence-electron chi connectivity index (χ3n) is 5.87. The molecule has 3 rings (SSSR count). The fourth-order valence-electron chi connectivity index (χ4n) is 3.86. The smallest absolute Gasteiger partial charge is 0.322 e. The molecule has 1 amide bonds. The van der Waals surface area contributed by atoms with Gasteiger partial charge in [-0.2, -0.15) is 13.8 Å². The number of aromatic nitrogens is 2. The van der Waals surface area contributed by atoms with Gasteiger partial charge < -0.3 is 29.7 Å². The second-order valence-electron chi connectivity index (χ2n) is 8.73. The van der Waals surface area contributed by atoms with Gasteiger partial charge in [0.05, 0.1) is 19.3 Å². The van der Waals surface area contributed by atoms with Gasteiger partial charge >= 0.3 is 5.92 Å². The Morgan fingerprint density at radius 1 is 1.38 bits per heavy atom. The largest absolute Gasteiger partial charge is 0.494 e. The Morgan fingerprint density at radius 2 is 2.12 bits per heavy atom. The highest BCUT2D eigenvalue weighted by molar-refractivity contribution is 5.95. The number of carbonyl (C=O) groups is 1. The van der Waals surface area contributed by atoms with Crippen molar-refractivity contribution < 1.29 is 33.0 Å². The van der Waals surface area contributed by atoms with Crippen LogP contribution in [0.15, 0.2) is 22.7 Å². The van der Waals surface area contributed by atoms with Crippen LogP contribution in [0.1, 0.15) is 54.4 Å². The van der Waals surface area contributed by atoms with Crippen LogP contribution in [-0.4, -0.2) is 65.2 Å². The number of alkyl halides is 2. The normalized spacial score (nSPS) is 15.9. The molecule has 0 unspecified atom stereocenters. The molecule has 1 aliphatic rings. The van der Waals surface area contributed by atoms with Crippen LogP contribution in [0.5, 0.6) is 5.75 Å². The summed E-state index contributed by atoms with van der Waals surface area (Å²) in [5.41, 5.74) is 1.24. The Labute approximate surface area is 197 Å². The zero-order valence-electron chi connectivity index (χ0n) is 19.5. The number of hydrogen-bond acceptors (Lipinski definition) is 8. The van der Waals surface area contributed by atoms with Crippen molar-refractivity contribution >= 4 is 11.9 Å². The number of ether oxygens (including phenoxy) is 1. The number of aryl methyl sites for hydroxylation is 1. The molecule has 1 fully saturated rings. The van der Waals surface area contributed by atoms with Gasteiger partial charge in [-0.15, -0.1) is 0 Å². The van der Waals surface area contributed by atoms with Crippen molar-refractivity contribution in [2.24, 2.45) is 5.92 Å². The molecule has 11 heteroatoms. The molecule has 0 saturated carbocycles. The number of carbonyl (C=O) groups excluding carboxylic acids is 1. The van der Waals surface area contributed by atoms with E-state index < -0.39 is 24.5 Å². The Kier molecular flexibility index (Phi) is 8.78. The van der Waals surface area contributed by atoms with Crippen LogP contribution in [0.4, 0.5) is 14.7 Å². The van der Waals surface area contributed by atoms with Crippen LogP contribution in [0.3, 0.4) is 0 Å². The van der Waals surface area contributed by atoms with Gasteiger partial charge in [0, 0.05) is 32.1 Å². The van der Waals surface area contributed by atoms with Gasteiger partial charge in [0.25, 0.3) is 17.7 Å². The van der Waals surface area contributed by atoms with Crippen molar-refractivity contribution in [3.63, 3.8) is 0 Å². The van der Waals surface area contributed by atoms with E-state index in [-0.39, 0.29) is 18.4 Å². The van der Waals surface area contributed by atoms with Gasteiger partial charge in [0.2, 0.25) is 0 Å². The first-order valence-electron chi connectivity index (χ1n) is 11.4. The van der Waals surface area contributed by atoms with Crippen molar-refractivity contribution in [1.82, 2.24) is 15.5 Å². The maximum Gasteiger partial charge on any atom is 0.322 e. The lowest BCUT2D eigenvalue weighted by atomic mass is 9.92. The van der Waals surface area contributed by atoms with Crippen LogP contribution >= 0.6 is 0 Å². The minimum atomic E-state index is -3.14. The van der Waals surface area contributed by atoms with Crippen molar-refractivity contribution in [1.29, 1.82) is 0 Å². The minimum absolute atomic E-state index is 0.0171. The predicted octanol–water partition coefficient (Wildman–Crippen LogP) is 2.65. The maximum absolute atomic E-state index is 13.3. The molecule has 0 spiro atoms. The van der Waals surface area contributed by atoms with Crippen molar-refractivity contribution in [2.45, 2.75) is 51.6 Å². The molecule has 9 nitrogen and oxygen atoms in total. The Balaban J connectivity index is 1.37. The lowest BCUT2D eigenvalue weighted by Gasteiger charge is -2.30. The Hall–Kier alpha value is -2.79. The van der Waals surface area contributed by atoms with E-state index in [1.165, 1.54) is 0 Å². The number of aliphatic hydroxyl groups excluding tert-OH is 2. The average Bonchev–Trinajstić information content (AvgIpc) is 3.31. The third kappa shape index (κ3) is 7.10. The highest BCUT2D eigenvalue weighted by atomic mass is 19.3. The van der Waals surface area contributed by atoms with Crippen LogP contribution in [0.2, 0.25) is 0 Å². The molecule has 0 aliphatic carbocycles. The van der Waals surface area contributed by atoms with E-state index in [9.17, 15) is 18.7 Å². The molecule has 1 aliphatic heterocycles. The van der Waals surface area contributed by atoms with E-state index in [0.717, 1.165) is 38.2 Å². The summed E-state index contributed by atoms with van der Waals surface area (Å²) in [4.78, 5) is 17.9. The van der Waals surface area contributed by atoms with Crippen LogP contribution in [0, 0.1) is 12.8 Å². The number of anilines is 1. The topological polar surface area (TPSA) is 121 Å². The molecule has 3 N–H and O–H groups in total. The fraction of sp³-hybridized carbons (Fsp3) is 0.609. The van der Waals surface area contributed by atoms with Gasteiger partial charge in [-0.1, -0.05) is 0 Å². The summed E-state index contributed by atoms with van der Waals surface area (Å²) in [6.07, 6.45) is 2.71. The fourth-order valence-corrected chi connectivity index (χ4v) is 3.86. The van der Waals surface area contributed by atoms with Crippen LogP contribution in [-0.2, 0) is 5.92 Å². The predicted molar refractivity (Wildman–Crippen MR) is 120 cm³/mol. The quantitative estimate of drug-likeness (QED) is 0.418. The monoisotopic (exact) mass is 482 g/mol. The van der Waals surface area contributed by atoms with Crippen LogP contribution < -0.4 is 15.0 Å². The van der Waals surface area contributed by atoms with Crippen LogP contribution in [0.25, 0.3) is 0 Å². The number of halogens is 2. The molecule has 1 aromatic heterocycles. The maximum atomic E-state index is 13.3. The summed E-state index contributed by atoms with van der Waals surface area (Å²) in [6.45, 7) is 4.05. The van der Waals surface area contributed by atoms with Crippen molar-refractivity contribution in [2.75, 3.05) is 37.7 Å². The number of nitrogens with one attached hydrogen (secondary N) is 1. The third-order valence-corrected chi connectivity index (χ3v) is 5.87. The van der Waals surface area contributed by atoms with Gasteiger partial charge in [-0.3, -0.25) is 4.79 Å². The number of aliphatic hydroxyl groups is 2. The first-order chi connectivity index (χ1) is 16.2. The molecule has 34 heavy (non-hydrogen) atoms. The van der Waals surface area contributed by atoms with Gasteiger partial charge in [0.1, 0.15) is 5.75 Å². The van der Waals surface area contributed by atoms with Gasteiger partial charge in [-0.05, 0) is 67.4 Å². The molecular weight excluding hydrogens is 450 g/mol. The van der Waals surface area contributed by atoms with E-state index in [1.54, 1.807) is 18.2 Å². The molecule has 0 bridgehead atoms. The molecule has 0 radical (unpaired) electrons. The van der Waals surface area contributed by atoms with Gasteiger partial charge in [-0.25, -0.2) is 0 Å². The molecule has 1 atom stereocenters. The number of nitrogens with zero attached hydrogens (tertiary/aromatic N) is 3. The summed E-state index contributed by atoms with van der Waals surface area (Å²) in [6, 6.07) is 5.22. The summed E-state index contributed by atoms with van der Waals surface area (Å²) in [5.74, 6) is -2.70. The molecule has 188 valence electrons. The van der Waals surface area contributed by atoms with E-state index in [2.05, 4.69) is 20.0 Å².